The van der Waals surface area contributed by atoms with Gasteiger partial charge in [-0.3, -0.25) is 0 Å². The molecule has 0 amide bonds. The lowest BCUT2D eigenvalue weighted by atomic mass is 9.64. The minimum Gasteiger partial charge on any atom is -0.317 e. The average molecular weight is 579 g/mol. The smallest absolute Gasteiger partial charge is 0.317 e. The monoisotopic (exact) mass is 577 g/mol. The van der Waals surface area contributed by atoms with Crippen LogP contribution < -0.4 is 0 Å². The zero-order valence-electron chi connectivity index (χ0n) is 20.8. The highest BCUT2D eigenvalue weighted by Gasteiger charge is 2.74. The van der Waals surface area contributed by atoms with Crippen LogP contribution in [0, 0.1) is 22.2 Å². The second-order valence-corrected chi connectivity index (χ2v) is 13.7. The number of rotatable bonds is 3. The fourth-order valence-corrected chi connectivity index (χ4v) is 9.29. The van der Waals surface area contributed by atoms with Crippen LogP contribution in [0.5, 0.6) is 0 Å². The zero-order chi connectivity index (χ0) is 25.2. The molecule has 186 valence electrons. The van der Waals surface area contributed by atoms with Crippen LogP contribution in [0.2, 0.25) is 10.0 Å². The molecule has 1 aromatic carbocycles. The van der Waals surface area contributed by atoms with Gasteiger partial charge < -0.3 is 4.84 Å². The van der Waals surface area contributed by atoms with E-state index in [4.69, 9.17) is 38.0 Å². The van der Waals surface area contributed by atoms with Crippen molar-refractivity contribution in [2.24, 2.45) is 27.3 Å². The Balaban J connectivity index is 1.44. The van der Waals surface area contributed by atoms with Gasteiger partial charge in [-0.05, 0) is 61.0 Å². The second-order valence-electron chi connectivity index (χ2n) is 12.3. The van der Waals surface area contributed by atoms with Crippen LogP contribution in [0.3, 0.4) is 0 Å². The number of fused-ring (bicyclic) bond motifs is 8. The molecule has 8 heteroatoms. The fourth-order valence-electron chi connectivity index (χ4n) is 7.90. The lowest BCUT2D eigenvalue weighted by molar-refractivity contribution is -0.155. The van der Waals surface area contributed by atoms with Crippen molar-refractivity contribution < 1.29 is 9.63 Å². The Hall–Kier alpha value is -1.24. The maximum atomic E-state index is 14.0. The Kier molecular flexibility index (Phi) is 4.96. The first-order valence-corrected chi connectivity index (χ1v) is 14.3. The Morgan fingerprint density at radius 1 is 1.03 bits per heavy atom. The molecule has 5 nitrogen and oxygen atoms in total. The van der Waals surface area contributed by atoms with Crippen molar-refractivity contribution in [1.29, 1.82) is 0 Å². The summed E-state index contributed by atoms with van der Waals surface area (Å²) in [6, 6.07) is 3.48. The molecule has 1 heterocycles. The molecule has 2 aromatic rings. The minimum absolute atomic E-state index is 0.0571. The third-order valence-electron chi connectivity index (χ3n) is 11.2. The van der Waals surface area contributed by atoms with Crippen molar-refractivity contribution in [3.63, 3.8) is 0 Å². The van der Waals surface area contributed by atoms with E-state index < -0.39 is 10.8 Å². The molecule has 4 aliphatic carbocycles. The first kappa shape index (κ1) is 24.1. The third-order valence-corrected chi connectivity index (χ3v) is 13.1. The van der Waals surface area contributed by atoms with E-state index in [1.54, 1.807) is 12.1 Å². The molecule has 0 aliphatic heterocycles. The molecule has 6 rings (SSSR count). The van der Waals surface area contributed by atoms with Crippen LogP contribution in [-0.4, -0.2) is 27.0 Å². The normalized spacial score (nSPS) is 39.5. The van der Waals surface area contributed by atoms with Gasteiger partial charge in [0.1, 0.15) is 5.41 Å². The topological polar surface area (TPSA) is 64.4 Å². The van der Waals surface area contributed by atoms with Gasteiger partial charge in [0.2, 0.25) is 0 Å². The molecule has 1 aromatic heterocycles. The Morgan fingerprint density at radius 3 is 2.26 bits per heavy atom. The summed E-state index contributed by atoms with van der Waals surface area (Å²) in [5.41, 5.74) is 2.33. The molecule has 3 fully saturated rings. The summed E-state index contributed by atoms with van der Waals surface area (Å²) in [5, 5.41) is 6.37. The maximum Gasteiger partial charge on any atom is 0.347 e. The van der Waals surface area contributed by atoms with Crippen LogP contribution in [0.1, 0.15) is 78.1 Å². The highest BCUT2D eigenvalue weighted by Crippen LogP contribution is 2.70. The molecule has 35 heavy (non-hydrogen) atoms. The Bertz CT molecular complexity index is 1350. The molecule has 5 unspecified atom stereocenters. The number of hydrogen-bond donors (Lipinski definition) is 0. The largest absolute Gasteiger partial charge is 0.347 e. The summed E-state index contributed by atoms with van der Waals surface area (Å²) in [6.07, 6.45) is 4.66. The van der Waals surface area contributed by atoms with Gasteiger partial charge in [-0.25, -0.2) is 14.8 Å². The molecule has 0 saturated heterocycles. The van der Waals surface area contributed by atoms with Gasteiger partial charge in [-0.15, -0.1) is 0 Å². The van der Waals surface area contributed by atoms with Crippen LogP contribution in [0.15, 0.2) is 17.3 Å². The van der Waals surface area contributed by atoms with Gasteiger partial charge >= 0.3 is 5.97 Å². The van der Waals surface area contributed by atoms with Gasteiger partial charge in [0.15, 0.2) is 0 Å². The summed E-state index contributed by atoms with van der Waals surface area (Å²) in [5.74, 6) is 0.243. The number of carbonyl (C=O) groups excluding carboxylic acids is 1. The number of benzene rings is 1. The number of halogens is 3. The van der Waals surface area contributed by atoms with E-state index in [2.05, 4.69) is 55.7 Å². The van der Waals surface area contributed by atoms with E-state index in [0.717, 1.165) is 36.0 Å². The lowest BCUT2D eigenvalue weighted by Crippen LogP contribution is -2.46. The van der Waals surface area contributed by atoms with Crippen molar-refractivity contribution in [2.45, 2.75) is 77.6 Å². The van der Waals surface area contributed by atoms with Crippen LogP contribution in [-0.2, 0) is 20.5 Å². The molecule has 4 aliphatic rings. The quantitative estimate of drug-likeness (QED) is 0.216. The molecule has 3 saturated carbocycles. The summed E-state index contributed by atoms with van der Waals surface area (Å²) in [7, 11) is 0. The van der Waals surface area contributed by atoms with Crippen LogP contribution >= 0.6 is 39.1 Å². The Labute approximate surface area is 224 Å². The number of alkyl halides is 1. The zero-order valence-corrected chi connectivity index (χ0v) is 23.9. The number of hydrogen-bond acceptors (Lipinski definition) is 5. The van der Waals surface area contributed by atoms with Gasteiger partial charge in [-0.2, -0.15) is 0 Å². The average Bonchev–Trinajstić information content (AvgIpc) is 3.33. The molecule has 0 spiro atoms. The predicted octanol–water partition coefficient (Wildman–Crippen LogP) is 7.39. The number of nitrogens with zero attached hydrogens (tertiary/aromatic N) is 3. The molecule has 0 radical (unpaired) electrons. The van der Waals surface area contributed by atoms with E-state index in [1.807, 2.05) is 0 Å². The first-order valence-electron chi connectivity index (χ1n) is 12.4. The van der Waals surface area contributed by atoms with E-state index in [1.165, 1.54) is 6.42 Å². The molecular weight excluding hydrogens is 549 g/mol. The number of oxime groups is 1. The highest BCUT2D eigenvalue weighted by atomic mass is 79.9. The van der Waals surface area contributed by atoms with Crippen molar-refractivity contribution in [3.8, 4) is 0 Å². The van der Waals surface area contributed by atoms with E-state index >= 15 is 0 Å². The fraction of sp³-hybridized carbons (Fsp3) is 0.630. The summed E-state index contributed by atoms with van der Waals surface area (Å²) < 4.78 is 0. The summed E-state index contributed by atoms with van der Waals surface area (Å²) in [6.45, 7) is 11.1. The molecular formula is C27H30BrCl2N3O2. The first-order chi connectivity index (χ1) is 16.4. The van der Waals surface area contributed by atoms with Crippen molar-refractivity contribution in [2.75, 3.05) is 5.33 Å². The standard InChI is InChI=1S/C27H30BrCl2N3O2/c1-23(2)25(4)8-9-27(23,21-20(25)31-17-11-15(29)16(30)12-18(17)32-21)22(34)35-33-19-10-14-6-7-24(19,3)26(14,5)13-28/h11-12,14H,6-10,13H2,1-5H3. The van der Waals surface area contributed by atoms with Crippen molar-refractivity contribution >= 4 is 61.8 Å². The van der Waals surface area contributed by atoms with Crippen LogP contribution in [0.25, 0.3) is 11.0 Å². The van der Waals surface area contributed by atoms with Gasteiger partial charge in [0.05, 0.1) is 38.2 Å². The molecule has 5 atom stereocenters. The molecule has 4 bridgehead atoms. The maximum absolute atomic E-state index is 14.0. The van der Waals surface area contributed by atoms with E-state index in [-0.39, 0.29) is 22.2 Å². The molecule has 0 N–H and O–H groups in total. The number of carbonyl (C=O) groups is 1. The van der Waals surface area contributed by atoms with Gasteiger partial charge in [0, 0.05) is 16.2 Å². The van der Waals surface area contributed by atoms with E-state index in [9.17, 15) is 4.79 Å². The van der Waals surface area contributed by atoms with Gasteiger partial charge in [0.25, 0.3) is 0 Å². The minimum atomic E-state index is -0.911. The summed E-state index contributed by atoms with van der Waals surface area (Å²) in [4.78, 5) is 29.9. The Morgan fingerprint density at radius 2 is 1.66 bits per heavy atom. The summed E-state index contributed by atoms with van der Waals surface area (Å²) >= 11 is 16.3. The van der Waals surface area contributed by atoms with Crippen molar-refractivity contribution in [3.05, 3.63) is 33.6 Å². The lowest BCUT2D eigenvalue weighted by Gasteiger charge is -2.38. The predicted molar refractivity (Wildman–Crippen MR) is 142 cm³/mol. The van der Waals surface area contributed by atoms with Gasteiger partial charge in [-0.1, -0.05) is 78.9 Å². The van der Waals surface area contributed by atoms with E-state index in [0.29, 0.717) is 39.1 Å². The number of aromatic nitrogens is 2. The SMILES string of the molecule is CC12CCC(CC1=NOC(=O)C13CCC(C)(c4nc5cc(Cl)c(Cl)cc5nc41)C3(C)C)C2(C)CBr. The van der Waals surface area contributed by atoms with Crippen LogP contribution in [0.4, 0.5) is 0 Å². The van der Waals surface area contributed by atoms with Crippen molar-refractivity contribution in [1.82, 2.24) is 9.97 Å². The third kappa shape index (κ3) is 2.62. The second kappa shape index (κ2) is 7.20. The highest BCUT2D eigenvalue weighted by molar-refractivity contribution is 9.09.